The van der Waals surface area contributed by atoms with E-state index in [-0.39, 0.29) is 17.7 Å². The van der Waals surface area contributed by atoms with E-state index in [0.29, 0.717) is 36.6 Å². The molecule has 0 spiro atoms. The third-order valence-corrected chi connectivity index (χ3v) is 5.68. The van der Waals surface area contributed by atoms with Gasteiger partial charge in [0.1, 0.15) is 11.4 Å². The standard InChI is InChI=1S/C23H26N4O2/c1-26-14-20(22(25-26)18-10-6-7-11-21(18)29-2)23(28)27-13-17(12-24)19(15-27)16-8-4-3-5-9-16/h3-11,14,17,19H,12-13,15,24H2,1-2H3/t17-,19+/m1/s1. The van der Waals surface area contributed by atoms with Gasteiger partial charge in [0.15, 0.2) is 0 Å². The van der Waals surface area contributed by atoms with Gasteiger partial charge >= 0.3 is 0 Å². The highest BCUT2D eigenvalue weighted by molar-refractivity contribution is 6.00. The van der Waals surface area contributed by atoms with Gasteiger partial charge in [-0.05, 0) is 30.2 Å². The second kappa shape index (κ2) is 8.09. The monoisotopic (exact) mass is 390 g/mol. The van der Waals surface area contributed by atoms with E-state index in [0.717, 1.165) is 5.56 Å². The second-order valence-corrected chi connectivity index (χ2v) is 7.49. The third kappa shape index (κ3) is 3.63. The van der Waals surface area contributed by atoms with E-state index in [1.807, 2.05) is 54.4 Å². The average Bonchev–Trinajstić information content (AvgIpc) is 3.37. The van der Waals surface area contributed by atoms with Crippen molar-refractivity contribution >= 4 is 5.91 Å². The van der Waals surface area contributed by atoms with Crippen molar-refractivity contribution in [1.82, 2.24) is 14.7 Å². The van der Waals surface area contributed by atoms with Gasteiger partial charge in [0, 0.05) is 37.8 Å². The molecule has 150 valence electrons. The minimum Gasteiger partial charge on any atom is -0.496 e. The van der Waals surface area contributed by atoms with Crippen molar-refractivity contribution in [2.75, 3.05) is 26.7 Å². The van der Waals surface area contributed by atoms with Crippen molar-refractivity contribution in [2.24, 2.45) is 18.7 Å². The number of hydrogen-bond acceptors (Lipinski definition) is 4. The summed E-state index contributed by atoms with van der Waals surface area (Å²) in [7, 11) is 3.45. The fraction of sp³-hybridized carbons (Fsp3) is 0.304. The first-order valence-electron chi connectivity index (χ1n) is 9.83. The van der Waals surface area contributed by atoms with Crippen LogP contribution in [0, 0.1) is 5.92 Å². The Bertz CT molecular complexity index is 999. The first-order chi connectivity index (χ1) is 14.1. The molecule has 1 aliphatic rings. The van der Waals surface area contributed by atoms with E-state index in [2.05, 4.69) is 17.2 Å². The van der Waals surface area contributed by atoms with Gasteiger partial charge in [0.2, 0.25) is 0 Å². The number of aromatic nitrogens is 2. The lowest BCUT2D eigenvalue weighted by Gasteiger charge is -2.17. The molecule has 0 saturated carbocycles. The number of ether oxygens (including phenoxy) is 1. The molecule has 1 saturated heterocycles. The Morgan fingerprint density at radius 1 is 1.14 bits per heavy atom. The first-order valence-corrected chi connectivity index (χ1v) is 9.83. The van der Waals surface area contributed by atoms with Crippen molar-refractivity contribution in [3.8, 4) is 17.0 Å². The quantitative estimate of drug-likeness (QED) is 0.727. The summed E-state index contributed by atoms with van der Waals surface area (Å²) < 4.78 is 7.17. The Morgan fingerprint density at radius 2 is 1.86 bits per heavy atom. The molecule has 1 fully saturated rings. The lowest BCUT2D eigenvalue weighted by Crippen LogP contribution is -2.30. The number of likely N-dealkylation sites (tertiary alicyclic amines) is 1. The molecule has 3 aromatic rings. The third-order valence-electron chi connectivity index (χ3n) is 5.68. The first kappa shape index (κ1) is 19.2. The number of rotatable bonds is 5. The normalized spacial score (nSPS) is 18.8. The number of nitrogens with zero attached hydrogens (tertiary/aromatic N) is 3. The lowest BCUT2D eigenvalue weighted by atomic mass is 9.89. The van der Waals surface area contributed by atoms with Crippen LogP contribution in [0.3, 0.4) is 0 Å². The number of benzene rings is 2. The molecule has 0 unspecified atom stereocenters. The van der Waals surface area contributed by atoms with Crippen LogP contribution in [-0.2, 0) is 7.05 Å². The number of carbonyl (C=O) groups is 1. The van der Waals surface area contributed by atoms with Crippen LogP contribution in [0.15, 0.2) is 60.8 Å². The highest BCUT2D eigenvalue weighted by Crippen LogP contribution is 2.35. The molecule has 6 nitrogen and oxygen atoms in total. The van der Waals surface area contributed by atoms with Crippen molar-refractivity contribution in [2.45, 2.75) is 5.92 Å². The molecular weight excluding hydrogens is 364 g/mol. The summed E-state index contributed by atoms with van der Waals surface area (Å²) in [6, 6.07) is 17.9. The fourth-order valence-electron chi connectivity index (χ4n) is 4.21. The maximum absolute atomic E-state index is 13.5. The number of aryl methyl sites for hydroxylation is 1. The average molecular weight is 390 g/mol. The summed E-state index contributed by atoms with van der Waals surface area (Å²) in [5.41, 5.74) is 9.32. The number of para-hydroxylation sites is 1. The summed E-state index contributed by atoms with van der Waals surface area (Å²) in [6.45, 7) is 1.86. The minimum absolute atomic E-state index is 0.0177. The van der Waals surface area contributed by atoms with Crippen molar-refractivity contribution in [1.29, 1.82) is 0 Å². The smallest absolute Gasteiger partial charge is 0.257 e. The van der Waals surface area contributed by atoms with E-state index < -0.39 is 0 Å². The summed E-state index contributed by atoms with van der Waals surface area (Å²) in [5.74, 6) is 1.17. The Kier molecular flexibility index (Phi) is 5.36. The van der Waals surface area contributed by atoms with Crippen LogP contribution >= 0.6 is 0 Å². The predicted molar refractivity (Wildman–Crippen MR) is 113 cm³/mol. The summed E-state index contributed by atoms with van der Waals surface area (Å²) in [6.07, 6.45) is 1.79. The van der Waals surface area contributed by atoms with Gasteiger partial charge in [-0.2, -0.15) is 5.10 Å². The Hall–Kier alpha value is -3.12. The lowest BCUT2D eigenvalue weighted by molar-refractivity contribution is 0.0787. The maximum atomic E-state index is 13.5. The number of nitrogens with two attached hydrogens (primary N) is 1. The van der Waals surface area contributed by atoms with Crippen molar-refractivity contribution in [3.05, 3.63) is 71.9 Å². The Labute approximate surface area is 170 Å². The zero-order valence-electron chi connectivity index (χ0n) is 16.8. The van der Waals surface area contributed by atoms with E-state index in [1.54, 1.807) is 18.0 Å². The van der Waals surface area contributed by atoms with Gasteiger partial charge in [-0.15, -0.1) is 0 Å². The Balaban J connectivity index is 1.66. The van der Waals surface area contributed by atoms with Crippen molar-refractivity contribution in [3.63, 3.8) is 0 Å². The molecule has 0 bridgehead atoms. The molecule has 1 amide bonds. The molecule has 4 rings (SSSR count). The zero-order valence-corrected chi connectivity index (χ0v) is 16.8. The topological polar surface area (TPSA) is 73.4 Å². The van der Waals surface area contributed by atoms with Gasteiger partial charge < -0.3 is 15.4 Å². The van der Waals surface area contributed by atoms with Gasteiger partial charge in [-0.1, -0.05) is 42.5 Å². The highest BCUT2D eigenvalue weighted by Gasteiger charge is 2.37. The molecule has 2 atom stereocenters. The molecule has 1 aliphatic heterocycles. The molecule has 6 heteroatoms. The number of carbonyl (C=O) groups excluding carboxylic acids is 1. The van der Waals surface area contributed by atoms with Crippen molar-refractivity contribution < 1.29 is 9.53 Å². The van der Waals surface area contributed by atoms with Gasteiger partial charge in [0.25, 0.3) is 5.91 Å². The van der Waals surface area contributed by atoms with Crippen LogP contribution in [0.2, 0.25) is 0 Å². The van der Waals surface area contributed by atoms with Gasteiger partial charge in [0.05, 0.1) is 12.7 Å². The molecule has 2 heterocycles. The maximum Gasteiger partial charge on any atom is 0.257 e. The van der Waals surface area contributed by atoms with Gasteiger partial charge in [-0.3, -0.25) is 9.48 Å². The summed E-state index contributed by atoms with van der Waals surface area (Å²) in [4.78, 5) is 15.4. The molecule has 29 heavy (non-hydrogen) atoms. The zero-order chi connectivity index (χ0) is 20.4. The molecular formula is C23H26N4O2. The van der Waals surface area contributed by atoms with Crippen LogP contribution in [0.25, 0.3) is 11.3 Å². The SMILES string of the molecule is COc1ccccc1-c1nn(C)cc1C(=O)N1C[C@@H](CN)[C@H](c2ccccc2)C1. The van der Waals surface area contributed by atoms with Crippen LogP contribution in [-0.4, -0.2) is 47.3 Å². The molecule has 2 N–H and O–H groups in total. The van der Waals surface area contributed by atoms with Crippen LogP contribution < -0.4 is 10.5 Å². The highest BCUT2D eigenvalue weighted by atomic mass is 16.5. The Morgan fingerprint density at radius 3 is 2.59 bits per heavy atom. The molecule has 2 aromatic carbocycles. The van der Waals surface area contributed by atoms with Crippen LogP contribution in [0.4, 0.5) is 0 Å². The molecule has 1 aromatic heterocycles. The molecule has 0 aliphatic carbocycles. The largest absolute Gasteiger partial charge is 0.496 e. The van der Waals surface area contributed by atoms with E-state index in [4.69, 9.17) is 10.5 Å². The fourth-order valence-corrected chi connectivity index (χ4v) is 4.21. The molecule has 0 radical (unpaired) electrons. The van der Waals surface area contributed by atoms with Gasteiger partial charge in [-0.25, -0.2) is 0 Å². The minimum atomic E-state index is -0.0177. The number of amides is 1. The predicted octanol–water partition coefficient (Wildman–Crippen LogP) is 2.91. The number of hydrogen-bond donors (Lipinski definition) is 1. The van der Waals surface area contributed by atoms with E-state index >= 15 is 0 Å². The van der Waals surface area contributed by atoms with E-state index in [9.17, 15) is 4.79 Å². The van der Waals surface area contributed by atoms with E-state index in [1.165, 1.54) is 5.56 Å². The summed E-state index contributed by atoms with van der Waals surface area (Å²) >= 11 is 0. The van der Waals surface area contributed by atoms with Crippen LogP contribution in [0.1, 0.15) is 21.8 Å². The summed E-state index contributed by atoms with van der Waals surface area (Å²) in [5, 5.41) is 4.56. The van der Waals surface area contributed by atoms with Crippen LogP contribution in [0.5, 0.6) is 5.75 Å². The second-order valence-electron chi connectivity index (χ2n) is 7.49. The number of methoxy groups -OCH3 is 1.